The number of aryl methyl sites for hydroxylation is 1. The van der Waals surface area contributed by atoms with Crippen molar-refractivity contribution in [3.8, 4) is 0 Å². The standard InChI is InChI=1S/C16H21N3OS/c1-4-15-18-14(11-21-15)12(2)17-10-16(20)19(3)13-8-6-5-7-9-13/h5-9,11-12,17H,4,10H2,1-3H3. The van der Waals surface area contributed by atoms with E-state index in [1.54, 1.807) is 23.3 Å². The van der Waals surface area contributed by atoms with Crippen LogP contribution in [0.15, 0.2) is 35.7 Å². The van der Waals surface area contributed by atoms with Crippen LogP contribution in [-0.4, -0.2) is 24.5 Å². The number of para-hydroxylation sites is 1. The minimum atomic E-state index is 0.0407. The highest BCUT2D eigenvalue weighted by Gasteiger charge is 2.14. The van der Waals surface area contributed by atoms with E-state index in [1.165, 1.54) is 0 Å². The van der Waals surface area contributed by atoms with Gasteiger partial charge >= 0.3 is 0 Å². The summed E-state index contributed by atoms with van der Waals surface area (Å²) in [5.74, 6) is 0.0407. The van der Waals surface area contributed by atoms with Gasteiger partial charge in [-0.2, -0.15) is 0 Å². The second-order valence-corrected chi connectivity index (χ2v) is 5.85. The van der Waals surface area contributed by atoms with E-state index in [-0.39, 0.29) is 11.9 Å². The number of likely N-dealkylation sites (N-methyl/N-ethyl adjacent to an activating group) is 1. The molecular formula is C16H21N3OS. The molecule has 2 rings (SSSR count). The number of anilines is 1. The number of amides is 1. The number of carbonyl (C=O) groups excluding carboxylic acids is 1. The summed E-state index contributed by atoms with van der Waals surface area (Å²) in [7, 11) is 1.79. The molecule has 0 fully saturated rings. The Bertz CT molecular complexity index is 582. The minimum absolute atomic E-state index is 0.0407. The zero-order chi connectivity index (χ0) is 15.2. The Kier molecular flexibility index (Phi) is 5.47. The van der Waals surface area contributed by atoms with Crippen LogP contribution >= 0.6 is 11.3 Å². The lowest BCUT2D eigenvalue weighted by Crippen LogP contribution is -2.36. The Labute approximate surface area is 129 Å². The van der Waals surface area contributed by atoms with Gasteiger partial charge < -0.3 is 10.2 Å². The van der Waals surface area contributed by atoms with Crippen LogP contribution in [0.25, 0.3) is 0 Å². The van der Waals surface area contributed by atoms with Gasteiger partial charge in [0.25, 0.3) is 0 Å². The average Bonchev–Trinajstić information content (AvgIpc) is 3.01. The molecule has 2 aromatic rings. The summed E-state index contributed by atoms with van der Waals surface area (Å²) in [4.78, 5) is 18.4. The van der Waals surface area contributed by atoms with E-state index < -0.39 is 0 Å². The number of thiazole rings is 1. The summed E-state index contributed by atoms with van der Waals surface area (Å²) in [6.07, 6.45) is 0.951. The highest BCUT2D eigenvalue weighted by atomic mass is 32.1. The van der Waals surface area contributed by atoms with Crippen molar-refractivity contribution in [3.05, 3.63) is 46.4 Å². The summed E-state index contributed by atoms with van der Waals surface area (Å²) in [6, 6.07) is 9.72. The smallest absolute Gasteiger partial charge is 0.240 e. The van der Waals surface area contributed by atoms with Crippen LogP contribution in [0.4, 0.5) is 5.69 Å². The number of benzene rings is 1. The third kappa shape index (κ3) is 4.12. The topological polar surface area (TPSA) is 45.2 Å². The second kappa shape index (κ2) is 7.33. The maximum absolute atomic E-state index is 12.2. The van der Waals surface area contributed by atoms with E-state index in [4.69, 9.17) is 0 Å². The molecule has 1 aromatic heterocycles. The van der Waals surface area contributed by atoms with Crippen molar-refractivity contribution in [2.45, 2.75) is 26.3 Å². The van der Waals surface area contributed by atoms with Crippen molar-refractivity contribution in [1.29, 1.82) is 0 Å². The molecule has 112 valence electrons. The van der Waals surface area contributed by atoms with E-state index >= 15 is 0 Å². The van der Waals surface area contributed by atoms with Crippen LogP contribution in [0.1, 0.15) is 30.6 Å². The van der Waals surface area contributed by atoms with Crippen LogP contribution in [0.2, 0.25) is 0 Å². The molecule has 0 spiro atoms. The van der Waals surface area contributed by atoms with Gasteiger partial charge in [0.05, 0.1) is 17.2 Å². The molecule has 21 heavy (non-hydrogen) atoms. The zero-order valence-corrected chi connectivity index (χ0v) is 13.5. The molecule has 0 bridgehead atoms. The molecule has 0 radical (unpaired) electrons. The first kappa shape index (κ1) is 15.7. The summed E-state index contributed by atoms with van der Waals surface area (Å²) in [5.41, 5.74) is 1.91. The van der Waals surface area contributed by atoms with Gasteiger partial charge in [0.2, 0.25) is 5.91 Å². The van der Waals surface area contributed by atoms with Crippen molar-refractivity contribution < 1.29 is 4.79 Å². The highest BCUT2D eigenvalue weighted by molar-refractivity contribution is 7.09. The molecule has 1 unspecified atom stereocenters. The predicted octanol–water partition coefficient (Wildman–Crippen LogP) is 3.02. The fraction of sp³-hybridized carbons (Fsp3) is 0.375. The van der Waals surface area contributed by atoms with Crippen molar-refractivity contribution >= 4 is 22.9 Å². The van der Waals surface area contributed by atoms with Crippen LogP contribution in [0.3, 0.4) is 0 Å². The molecule has 0 aliphatic rings. The predicted molar refractivity (Wildman–Crippen MR) is 87.8 cm³/mol. The second-order valence-electron chi connectivity index (χ2n) is 4.91. The molecular weight excluding hydrogens is 282 g/mol. The van der Waals surface area contributed by atoms with Gasteiger partial charge in [-0.05, 0) is 25.5 Å². The van der Waals surface area contributed by atoms with Crippen LogP contribution in [0, 0.1) is 0 Å². The Morgan fingerprint density at radius 1 is 1.38 bits per heavy atom. The number of aromatic nitrogens is 1. The van der Waals surface area contributed by atoms with E-state index in [9.17, 15) is 4.79 Å². The molecule has 0 aliphatic carbocycles. The maximum atomic E-state index is 12.2. The average molecular weight is 303 g/mol. The first-order valence-electron chi connectivity index (χ1n) is 7.11. The lowest BCUT2D eigenvalue weighted by atomic mass is 10.2. The fourth-order valence-corrected chi connectivity index (χ4v) is 2.78. The van der Waals surface area contributed by atoms with Gasteiger partial charge in [0.15, 0.2) is 0 Å². The van der Waals surface area contributed by atoms with Crippen molar-refractivity contribution in [3.63, 3.8) is 0 Å². The summed E-state index contributed by atoms with van der Waals surface area (Å²) >= 11 is 1.67. The minimum Gasteiger partial charge on any atom is -0.314 e. The Hall–Kier alpha value is -1.72. The molecule has 5 heteroatoms. The molecule has 0 saturated carbocycles. The number of carbonyl (C=O) groups is 1. The Balaban J connectivity index is 1.88. The monoisotopic (exact) mass is 303 g/mol. The molecule has 1 heterocycles. The molecule has 1 amide bonds. The Morgan fingerprint density at radius 2 is 2.10 bits per heavy atom. The molecule has 1 N–H and O–H groups in total. The van der Waals surface area contributed by atoms with Gasteiger partial charge in [-0.15, -0.1) is 11.3 Å². The molecule has 4 nitrogen and oxygen atoms in total. The first-order valence-corrected chi connectivity index (χ1v) is 7.99. The Morgan fingerprint density at radius 3 is 2.71 bits per heavy atom. The summed E-state index contributed by atoms with van der Waals surface area (Å²) in [6.45, 7) is 4.43. The molecule has 1 aromatic carbocycles. The zero-order valence-electron chi connectivity index (χ0n) is 12.7. The fourth-order valence-electron chi connectivity index (χ4n) is 1.95. The summed E-state index contributed by atoms with van der Waals surface area (Å²) in [5, 5.41) is 6.43. The lowest BCUT2D eigenvalue weighted by molar-refractivity contribution is -0.117. The van der Waals surface area contributed by atoms with Crippen LogP contribution < -0.4 is 10.2 Å². The van der Waals surface area contributed by atoms with Gasteiger partial charge in [-0.1, -0.05) is 25.1 Å². The highest BCUT2D eigenvalue weighted by Crippen LogP contribution is 2.17. The van der Waals surface area contributed by atoms with Crippen LogP contribution in [-0.2, 0) is 11.2 Å². The normalized spacial score (nSPS) is 12.1. The number of rotatable bonds is 6. The van der Waals surface area contributed by atoms with Crippen LogP contribution in [0.5, 0.6) is 0 Å². The lowest BCUT2D eigenvalue weighted by Gasteiger charge is -2.19. The van der Waals surface area contributed by atoms with E-state index in [1.807, 2.05) is 37.3 Å². The molecule has 0 saturated heterocycles. The number of nitrogens with one attached hydrogen (secondary N) is 1. The van der Waals surface area contributed by atoms with E-state index in [0.29, 0.717) is 6.54 Å². The van der Waals surface area contributed by atoms with Gasteiger partial charge in [0, 0.05) is 24.2 Å². The molecule has 1 atom stereocenters. The van der Waals surface area contributed by atoms with Crippen molar-refractivity contribution in [2.24, 2.45) is 0 Å². The third-order valence-corrected chi connectivity index (χ3v) is 4.40. The van der Waals surface area contributed by atoms with E-state index in [2.05, 4.69) is 22.6 Å². The molecule has 0 aliphatic heterocycles. The quantitative estimate of drug-likeness (QED) is 0.892. The van der Waals surface area contributed by atoms with Gasteiger partial charge in [-0.3, -0.25) is 4.79 Å². The summed E-state index contributed by atoms with van der Waals surface area (Å²) < 4.78 is 0. The first-order chi connectivity index (χ1) is 10.1. The van der Waals surface area contributed by atoms with Gasteiger partial charge in [-0.25, -0.2) is 4.98 Å². The number of nitrogens with zero attached hydrogens (tertiary/aromatic N) is 2. The largest absolute Gasteiger partial charge is 0.314 e. The van der Waals surface area contributed by atoms with Gasteiger partial charge in [0.1, 0.15) is 0 Å². The number of hydrogen-bond acceptors (Lipinski definition) is 4. The third-order valence-electron chi connectivity index (χ3n) is 3.39. The SMILES string of the molecule is CCc1nc(C(C)NCC(=O)N(C)c2ccccc2)cs1. The van der Waals surface area contributed by atoms with Crippen molar-refractivity contribution in [2.75, 3.05) is 18.5 Å². The van der Waals surface area contributed by atoms with Crippen molar-refractivity contribution in [1.82, 2.24) is 10.3 Å². The maximum Gasteiger partial charge on any atom is 0.240 e. The number of hydrogen-bond donors (Lipinski definition) is 1. The van der Waals surface area contributed by atoms with E-state index in [0.717, 1.165) is 22.8 Å².